The Labute approximate surface area is 102 Å². The molecule has 0 saturated carbocycles. The van der Waals surface area contributed by atoms with Crippen LogP contribution in [0.2, 0.25) is 0 Å². The highest BCUT2D eigenvalue weighted by Crippen LogP contribution is 2.30. The summed E-state index contributed by atoms with van der Waals surface area (Å²) in [4.78, 5) is 22.6. The SMILES string of the molecule is Cc1ccc(C(=O)O)c(-c2ccsc2C=O)c1. The van der Waals surface area contributed by atoms with Gasteiger partial charge in [0.25, 0.3) is 0 Å². The predicted octanol–water partition coefficient (Wildman–Crippen LogP) is 3.23. The van der Waals surface area contributed by atoms with Crippen LogP contribution in [0, 0.1) is 6.92 Å². The molecule has 0 spiro atoms. The second-order valence-corrected chi connectivity index (χ2v) is 4.62. The van der Waals surface area contributed by atoms with Gasteiger partial charge in [0, 0.05) is 5.56 Å². The van der Waals surface area contributed by atoms with Crippen LogP contribution in [0.5, 0.6) is 0 Å². The van der Waals surface area contributed by atoms with Gasteiger partial charge in [0.2, 0.25) is 0 Å². The van der Waals surface area contributed by atoms with Crippen LogP contribution in [0.3, 0.4) is 0 Å². The first-order chi connectivity index (χ1) is 8.13. The fourth-order valence-electron chi connectivity index (χ4n) is 1.70. The summed E-state index contributed by atoms with van der Waals surface area (Å²) in [6.45, 7) is 1.89. The van der Waals surface area contributed by atoms with Gasteiger partial charge in [-0.15, -0.1) is 11.3 Å². The highest BCUT2D eigenvalue weighted by molar-refractivity contribution is 7.12. The number of aromatic carboxylic acids is 1. The summed E-state index contributed by atoms with van der Waals surface area (Å²) in [5, 5.41) is 10.9. The van der Waals surface area contributed by atoms with Crippen LogP contribution < -0.4 is 0 Å². The third-order valence-electron chi connectivity index (χ3n) is 2.50. The van der Waals surface area contributed by atoms with Gasteiger partial charge in [-0.1, -0.05) is 17.7 Å². The number of hydrogen-bond donors (Lipinski definition) is 1. The number of carbonyl (C=O) groups is 2. The first-order valence-electron chi connectivity index (χ1n) is 5.00. The lowest BCUT2D eigenvalue weighted by Gasteiger charge is -2.06. The summed E-state index contributed by atoms with van der Waals surface area (Å²) in [7, 11) is 0. The van der Waals surface area contributed by atoms with Crippen molar-refractivity contribution in [2.75, 3.05) is 0 Å². The number of carbonyl (C=O) groups excluding carboxylic acids is 1. The molecule has 0 saturated heterocycles. The molecule has 0 atom stereocenters. The van der Waals surface area contributed by atoms with Gasteiger partial charge in [0.1, 0.15) is 0 Å². The molecule has 0 fully saturated rings. The number of rotatable bonds is 3. The fraction of sp³-hybridized carbons (Fsp3) is 0.0769. The maximum atomic E-state index is 11.1. The van der Waals surface area contributed by atoms with E-state index in [1.54, 1.807) is 29.6 Å². The van der Waals surface area contributed by atoms with Crippen molar-refractivity contribution >= 4 is 23.6 Å². The van der Waals surface area contributed by atoms with Gasteiger partial charge in [-0.2, -0.15) is 0 Å². The lowest BCUT2D eigenvalue weighted by atomic mass is 9.98. The van der Waals surface area contributed by atoms with E-state index in [9.17, 15) is 9.59 Å². The smallest absolute Gasteiger partial charge is 0.336 e. The molecule has 0 radical (unpaired) electrons. The Balaban J connectivity index is 2.69. The molecule has 1 aromatic heterocycles. The van der Waals surface area contributed by atoms with Crippen LogP contribution in [0.1, 0.15) is 25.6 Å². The Hall–Kier alpha value is -1.94. The average Bonchev–Trinajstić information content (AvgIpc) is 2.76. The zero-order valence-corrected chi connectivity index (χ0v) is 9.95. The molecule has 2 rings (SSSR count). The van der Waals surface area contributed by atoms with Gasteiger partial charge in [0.05, 0.1) is 10.4 Å². The number of thiophene rings is 1. The van der Waals surface area contributed by atoms with Crippen LogP contribution in [0.15, 0.2) is 29.6 Å². The van der Waals surface area contributed by atoms with Crippen LogP contribution in [0.25, 0.3) is 11.1 Å². The third-order valence-corrected chi connectivity index (χ3v) is 3.34. The number of benzene rings is 1. The first-order valence-corrected chi connectivity index (χ1v) is 5.88. The monoisotopic (exact) mass is 246 g/mol. The van der Waals surface area contributed by atoms with Gasteiger partial charge in [-0.05, 0) is 30.0 Å². The second kappa shape index (κ2) is 4.51. The van der Waals surface area contributed by atoms with E-state index in [4.69, 9.17) is 5.11 Å². The maximum Gasteiger partial charge on any atom is 0.336 e. The minimum Gasteiger partial charge on any atom is -0.478 e. The molecule has 0 unspecified atom stereocenters. The molecule has 86 valence electrons. The van der Waals surface area contributed by atoms with Crippen molar-refractivity contribution in [1.29, 1.82) is 0 Å². The highest BCUT2D eigenvalue weighted by atomic mass is 32.1. The van der Waals surface area contributed by atoms with E-state index >= 15 is 0 Å². The molecule has 3 nitrogen and oxygen atoms in total. The molecule has 0 bridgehead atoms. The normalized spacial score (nSPS) is 10.2. The summed E-state index contributed by atoms with van der Waals surface area (Å²) in [5.74, 6) is -0.983. The van der Waals surface area contributed by atoms with Crippen molar-refractivity contribution in [3.8, 4) is 11.1 Å². The molecule has 4 heteroatoms. The first kappa shape index (κ1) is 11.5. The Morgan fingerprint density at radius 3 is 2.71 bits per heavy atom. The molecule has 17 heavy (non-hydrogen) atoms. The van der Waals surface area contributed by atoms with Crippen LogP contribution in [-0.2, 0) is 0 Å². The summed E-state index contributed by atoms with van der Waals surface area (Å²) in [6.07, 6.45) is 0.758. The molecule has 1 aromatic carbocycles. The molecule has 0 aliphatic rings. The van der Waals surface area contributed by atoms with E-state index < -0.39 is 5.97 Å². The number of aldehydes is 1. The third kappa shape index (κ3) is 2.12. The van der Waals surface area contributed by atoms with Gasteiger partial charge in [-0.3, -0.25) is 4.79 Å². The van der Waals surface area contributed by atoms with Gasteiger partial charge in [-0.25, -0.2) is 4.79 Å². The molecule has 0 aliphatic heterocycles. The van der Waals surface area contributed by atoms with Crippen molar-refractivity contribution in [2.24, 2.45) is 0 Å². The molecule has 2 aromatic rings. The van der Waals surface area contributed by atoms with Crippen LogP contribution in [-0.4, -0.2) is 17.4 Å². The largest absolute Gasteiger partial charge is 0.478 e. The molecule has 0 amide bonds. The van der Waals surface area contributed by atoms with E-state index in [-0.39, 0.29) is 5.56 Å². The zero-order valence-electron chi connectivity index (χ0n) is 9.14. The van der Waals surface area contributed by atoms with Crippen molar-refractivity contribution in [3.05, 3.63) is 45.6 Å². The number of hydrogen-bond acceptors (Lipinski definition) is 3. The maximum absolute atomic E-state index is 11.1. The van der Waals surface area contributed by atoms with E-state index in [2.05, 4.69) is 0 Å². The van der Waals surface area contributed by atoms with Crippen molar-refractivity contribution < 1.29 is 14.7 Å². The fourth-order valence-corrected chi connectivity index (χ4v) is 2.41. The van der Waals surface area contributed by atoms with Crippen LogP contribution in [0.4, 0.5) is 0 Å². The minimum absolute atomic E-state index is 0.220. The van der Waals surface area contributed by atoms with E-state index in [1.165, 1.54) is 11.3 Å². The van der Waals surface area contributed by atoms with Crippen molar-refractivity contribution in [1.82, 2.24) is 0 Å². The van der Waals surface area contributed by atoms with Crippen molar-refractivity contribution in [2.45, 2.75) is 6.92 Å². The van der Waals surface area contributed by atoms with Crippen molar-refractivity contribution in [3.63, 3.8) is 0 Å². The summed E-state index contributed by atoms with van der Waals surface area (Å²) in [5.41, 5.74) is 2.47. The molecule has 0 aliphatic carbocycles. The lowest BCUT2D eigenvalue weighted by molar-refractivity contribution is 0.0697. The van der Waals surface area contributed by atoms with E-state index in [0.29, 0.717) is 16.0 Å². The Morgan fingerprint density at radius 1 is 1.29 bits per heavy atom. The van der Waals surface area contributed by atoms with Gasteiger partial charge < -0.3 is 5.11 Å². The number of carboxylic acids is 1. The molecular weight excluding hydrogens is 236 g/mol. The molecule has 1 N–H and O–H groups in total. The summed E-state index contributed by atoms with van der Waals surface area (Å²) in [6, 6.07) is 6.88. The molecular formula is C13H10O3S. The summed E-state index contributed by atoms with van der Waals surface area (Å²) >= 11 is 1.31. The average molecular weight is 246 g/mol. The Bertz CT molecular complexity index is 584. The van der Waals surface area contributed by atoms with Gasteiger partial charge >= 0.3 is 5.97 Å². The van der Waals surface area contributed by atoms with Gasteiger partial charge in [0.15, 0.2) is 6.29 Å². The second-order valence-electron chi connectivity index (χ2n) is 3.67. The number of carboxylic acid groups (broad SMARTS) is 1. The Morgan fingerprint density at radius 2 is 2.06 bits per heavy atom. The number of aryl methyl sites for hydroxylation is 1. The zero-order chi connectivity index (χ0) is 12.4. The predicted molar refractivity (Wildman–Crippen MR) is 66.8 cm³/mol. The molecule has 1 heterocycles. The standard InChI is InChI=1S/C13H10O3S/c1-8-2-3-10(13(15)16)11(6-8)9-4-5-17-12(9)7-14/h2-7H,1H3,(H,15,16). The van der Waals surface area contributed by atoms with E-state index in [0.717, 1.165) is 11.8 Å². The van der Waals surface area contributed by atoms with Crippen LogP contribution >= 0.6 is 11.3 Å². The quantitative estimate of drug-likeness (QED) is 0.846. The highest BCUT2D eigenvalue weighted by Gasteiger charge is 2.15. The topological polar surface area (TPSA) is 54.4 Å². The summed E-state index contributed by atoms with van der Waals surface area (Å²) < 4.78 is 0. The van der Waals surface area contributed by atoms with E-state index in [1.807, 2.05) is 6.92 Å². The minimum atomic E-state index is -0.983. The Kier molecular flexibility index (Phi) is 3.06. The lowest BCUT2D eigenvalue weighted by Crippen LogP contribution is -2.00.